The average molecular weight is 717 g/mol. The van der Waals surface area contributed by atoms with Gasteiger partial charge in [0.1, 0.15) is 23.2 Å². The van der Waals surface area contributed by atoms with Crippen molar-refractivity contribution < 1.29 is 4.42 Å². The molecular formula is C51H32N4O. The van der Waals surface area contributed by atoms with E-state index >= 15 is 0 Å². The maximum absolute atomic E-state index is 6.78. The second kappa shape index (κ2) is 12.0. The number of para-hydroxylation sites is 2. The molecule has 0 saturated heterocycles. The Morgan fingerprint density at radius 1 is 0.482 bits per heavy atom. The fourth-order valence-electron chi connectivity index (χ4n) is 8.74. The molecule has 0 saturated carbocycles. The number of nitrogens with one attached hydrogen (secondary N) is 1. The number of hydrogen-bond acceptors (Lipinski definition) is 4. The maximum Gasteiger partial charge on any atom is 0.159 e. The molecule has 262 valence electrons. The minimum atomic E-state index is -0.405. The minimum Gasteiger partial charge on any atom is -0.455 e. The molecule has 9 aromatic carbocycles. The van der Waals surface area contributed by atoms with E-state index in [-0.39, 0.29) is 0 Å². The molecule has 11 aromatic rings. The Labute approximate surface area is 321 Å². The number of amidine groups is 2. The smallest absolute Gasteiger partial charge is 0.159 e. The lowest BCUT2D eigenvalue weighted by Gasteiger charge is -2.25. The van der Waals surface area contributed by atoms with E-state index in [2.05, 4.69) is 180 Å². The summed E-state index contributed by atoms with van der Waals surface area (Å²) in [7, 11) is 0. The van der Waals surface area contributed by atoms with Gasteiger partial charge in [-0.15, -0.1) is 0 Å². The number of fused-ring (bicyclic) bond motifs is 9. The van der Waals surface area contributed by atoms with Crippen LogP contribution in [0.2, 0.25) is 0 Å². The van der Waals surface area contributed by atoms with Gasteiger partial charge in [0.25, 0.3) is 0 Å². The van der Waals surface area contributed by atoms with Crippen LogP contribution in [0.3, 0.4) is 0 Å². The summed E-state index contributed by atoms with van der Waals surface area (Å²) in [5.74, 6) is 1.37. The van der Waals surface area contributed by atoms with Gasteiger partial charge in [0.15, 0.2) is 5.84 Å². The quantitative estimate of drug-likeness (QED) is 0.197. The summed E-state index contributed by atoms with van der Waals surface area (Å²) in [5.41, 5.74) is 7.85. The van der Waals surface area contributed by atoms with Crippen LogP contribution in [0, 0.1) is 0 Å². The largest absolute Gasteiger partial charge is 0.455 e. The molecule has 1 aliphatic heterocycles. The summed E-state index contributed by atoms with van der Waals surface area (Å²) < 4.78 is 9.18. The van der Waals surface area contributed by atoms with Crippen molar-refractivity contribution in [2.75, 3.05) is 0 Å². The van der Waals surface area contributed by atoms with Crippen LogP contribution in [0.5, 0.6) is 0 Å². The number of aromatic nitrogens is 1. The first-order chi connectivity index (χ1) is 27.7. The van der Waals surface area contributed by atoms with Crippen LogP contribution >= 0.6 is 0 Å². The van der Waals surface area contributed by atoms with Crippen molar-refractivity contribution >= 4 is 87.7 Å². The molecule has 1 aliphatic rings. The van der Waals surface area contributed by atoms with Crippen LogP contribution in [-0.2, 0) is 0 Å². The third kappa shape index (κ3) is 4.74. The van der Waals surface area contributed by atoms with Gasteiger partial charge in [-0.1, -0.05) is 140 Å². The van der Waals surface area contributed by atoms with E-state index in [0.717, 1.165) is 66.1 Å². The van der Waals surface area contributed by atoms with Crippen LogP contribution in [-0.4, -0.2) is 16.2 Å². The molecule has 2 aromatic heterocycles. The topological polar surface area (TPSA) is 54.8 Å². The molecule has 56 heavy (non-hydrogen) atoms. The number of rotatable bonds is 4. The second-order valence-corrected chi connectivity index (χ2v) is 14.6. The van der Waals surface area contributed by atoms with E-state index < -0.39 is 6.17 Å². The lowest BCUT2D eigenvalue weighted by atomic mass is 10.0. The predicted octanol–water partition coefficient (Wildman–Crippen LogP) is 12.6. The molecule has 1 atom stereocenters. The molecule has 0 spiro atoms. The zero-order valence-corrected chi connectivity index (χ0v) is 30.1. The zero-order valence-electron chi connectivity index (χ0n) is 30.1. The normalized spacial score (nSPS) is 14.6. The highest BCUT2D eigenvalue weighted by Crippen LogP contribution is 2.39. The standard InChI is InChI=1S/C51H32N4O/c1-2-14-33-26-36(25-24-31(33)12-1)49-52-50(41-21-11-17-32-13-5-6-18-38(32)41)54-51(53-49)44-30-37(29-43-40-20-8-10-23-47(40)56-48(43)44)55-45-22-9-7-19-39(45)42-27-34-15-3-4-16-35(34)28-46(42)55/h1-30,50H,(H,52,53,54). The van der Waals surface area contributed by atoms with E-state index in [1.54, 1.807) is 0 Å². The van der Waals surface area contributed by atoms with Crippen molar-refractivity contribution in [3.8, 4) is 5.69 Å². The van der Waals surface area contributed by atoms with Crippen molar-refractivity contribution in [1.29, 1.82) is 0 Å². The molecule has 12 rings (SSSR count). The fraction of sp³-hybridized carbons (Fsp3) is 0.0196. The molecule has 1 unspecified atom stereocenters. The van der Waals surface area contributed by atoms with Crippen molar-refractivity contribution in [2.45, 2.75) is 6.17 Å². The molecule has 0 fully saturated rings. The zero-order chi connectivity index (χ0) is 36.7. The first kappa shape index (κ1) is 30.9. The predicted molar refractivity (Wildman–Crippen MR) is 232 cm³/mol. The molecule has 0 radical (unpaired) electrons. The van der Waals surface area contributed by atoms with Gasteiger partial charge in [-0.2, -0.15) is 0 Å². The van der Waals surface area contributed by atoms with Crippen LogP contribution in [0.15, 0.2) is 196 Å². The van der Waals surface area contributed by atoms with Crippen molar-refractivity contribution in [3.63, 3.8) is 0 Å². The van der Waals surface area contributed by atoms with Gasteiger partial charge in [-0.25, -0.2) is 9.98 Å². The Morgan fingerprint density at radius 2 is 1.16 bits per heavy atom. The third-order valence-electron chi connectivity index (χ3n) is 11.4. The molecule has 3 heterocycles. The molecule has 0 bridgehead atoms. The Morgan fingerprint density at radius 3 is 2.02 bits per heavy atom. The van der Waals surface area contributed by atoms with Gasteiger partial charge in [-0.05, 0) is 74.8 Å². The third-order valence-corrected chi connectivity index (χ3v) is 11.4. The average Bonchev–Trinajstić information content (AvgIpc) is 3.80. The van der Waals surface area contributed by atoms with E-state index in [1.165, 1.54) is 32.3 Å². The van der Waals surface area contributed by atoms with Gasteiger partial charge in [0, 0.05) is 38.4 Å². The summed E-state index contributed by atoms with van der Waals surface area (Å²) in [6.45, 7) is 0. The van der Waals surface area contributed by atoms with E-state index in [0.29, 0.717) is 11.7 Å². The Bertz CT molecular complexity index is 3470. The van der Waals surface area contributed by atoms with Crippen molar-refractivity contribution in [1.82, 2.24) is 9.88 Å². The molecule has 5 heteroatoms. The Balaban J connectivity index is 1.14. The molecular weight excluding hydrogens is 685 g/mol. The van der Waals surface area contributed by atoms with Gasteiger partial charge in [0.05, 0.1) is 16.6 Å². The van der Waals surface area contributed by atoms with Gasteiger partial charge >= 0.3 is 0 Å². The first-order valence-electron chi connectivity index (χ1n) is 19.0. The van der Waals surface area contributed by atoms with Crippen LogP contribution in [0.4, 0.5) is 0 Å². The van der Waals surface area contributed by atoms with Crippen LogP contribution < -0.4 is 5.32 Å². The molecule has 5 nitrogen and oxygen atoms in total. The number of benzene rings is 9. The van der Waals surface area contributed by atoms with Crippen molar-refractivity contribution in [2.24, 2.45) is 9.98 Å². The summed E-state index contributed by atoms with van der Waals surface area (Å²) in [6.07, 6.45) is -0.405. The SMILES string of the molecule is c1ccc2cc(C3=NC(c4cccc5ccccc45)NC(c4cc(-n5c6ccccc6c6cc7ccccc7cc65)cc5c4oc4ccccc45)=N3)ccc2c1. The van der Waals surface area contributed by atoms with E-state index in [1.807, 2.05) is 12.1 Å². The van der Waals surface area contributed by atoms with E-state index in [9.17, 15) is 0 Å². The number of nitrogens with zero attached hydrogens (tertiary/aromatic N) is 3. The highest BCUT2D eigenvalue weighted by molar-refractivity contribution is 6.21. The maximum atomic E-state index is 6.78. The summed E-state index contributed by atoms with van der Waals surface area (Å²) in [6, 6.07) is 64.6. The minimum absolute atomic E-state index is 0.405. The molecule has 0 amide bonds. The monoisotopic (exact) mass is 716 g/mol. The number of hydrogen-bond donors (Lipinski definition) is 1. The Hall–Kier alpha value is -7.50. The van der Waals surface area contributed by atoms with Gasteiger partial charge in [0.2, 0.25) is 0 Å². The fourth-order valence-corrected chi connectivity index (χ4v) is 8.74. The lowest BCUT2D eigenvalue weighted by molar-refractivity contribution is 0.661. The highest BCUT2D eigenvalue weighted by atomic mass is 16.3. The van der Waals surface area contributed by atoms with E-state index in [4.69, 9.17) is 14.4 Å². The van der Waals surface area contributed by atoms with Crippen molar-refractivity contribution in [3.05, 3.63) is 199 Å². The number of aliphatic imine (C=N–C) groups is 2. The summed E-state index contributed by atoms with van der Waals surface area (Å²) in [5, 5.41) is 15.4. The van der Waals surface area contributed by atoms with Crippen LogP contribution in [0.1, 0.15) is 22.9 Å². The number of furan rings is 1. The summed E-state index contributed by atoms with van der Waals surface area (Å²) in [4.78, 5) is 10.7. The molecule has 1 N–H and O–H groups in total. The van der Waals surface area contributed by atoms with Crippen LogP contribution in [0.25, 0.3) is 81.7 Å². The van der Waals surface area contributed by atoms with Gasteiger partial charge in [-0.3, -0.25) is 0 Å². The molecule has 0 aliphatic carbocycles. The lowest BCUT2D eigenvalue weighted by Crippen LogP contribution is -2.34. The highest BCUT2D eigenvalue weighted by Gasteiger charge is 2.27. The van der Waals surface area contributed by atoms with Gasteiger partial charge < -0.3 is 14.3 Å². The Kier molecular flexibility index (Phi) is 6.63. The first-order valence-corrected chi connectivity index (χ1v) is 19.0. The summed E-state index contributed by atoms with van der Waals surface area (Å²) >= 11 is 0. The second-order valence-electron chi connectivity index (χ2n) is 14.6.